The Bertz CT molecular complexity index is 369. The molecule has 0 radical (unpaired) electrons. The van der Waals surface area contributed by atoms with E-state index in [2.05, 4.69) is 26.8 Å². The summed E-state index contributed by atoms with van der Waals surface area (Å²) < 4.78 is 0. The second-order valence-electron chi connectivity index (χ2n) is 4.66. The first-order valence-electron chi connectivity index (χ1n) is 4.61. The van der Waals surface area contributed by atoms with Gasteiger partial charge in [-0.05, 0) is 29.5 Å². The number of hydrogen-bond donors (Lipinski definition) is 0. The van der Waals surface area contributed by atoms with Crippen molar-refractivity contribution in [3.63, 3.8) is 0 Å². The standard InChI is InChI=1S/C12H14ClN/c1-12(2,3)7-10-5-4-9(8-14)6-11(10)13/h4-6H,7H2,1-3H3. The van der Waals surface area contributed by atoms with Gasteiger partial charge in [0.05, 0.1) is 11.6 Å². The van der Waals surface area contributed by atoms with Crippen LogP contribution in [0, 0.1) is 16.7 Å². The van der Waals surface area contributed by atoms with E-state index >= 15 is 0 Å². The van der Waals surface area contributed by atoms with Gasteiger partial charge >= 0.3 is 0 Å². The summed E-state index contributed by atoms with van der Waals surface area (Å²) in [7, 11) is 0. The second kappa shape index (κ2) is 4.02. The summed E-state index contributed by atoms with van der Waals surface area (Å²) in [5, 5.41) is 9.37. The van der Waals surface area contributed by atoms with Crippen LogP contribution in [0.1, 0.15) is 31.9 Å². The lowest BCUT2D eigenvalue weighted by atomic mass is 9.88. The summed E-state index contributed by atoms with van der Waals surface area (Å²) in [6.45, 7) is 6.50. The number of nitriles is 1. The van der Waals surface area contributed by atoms with Gasteiger partial charge in [0.15, 0.2) is 0 Å². The number of hydrogen-bond acceptors (Lipinski definition) is 1. The minimum absolute atomic E-state index is 0.220. The number of rotatable bonds is 1. The maximum Gasteiger partial charge on any atom is 0.0992 e. The minimum atomic E-state index is 0.220. The van der Waals surface area contributed by atoms with Gasteiger partial charge in [0, 0.05) is 5.02 Å². The molecular weight excluding hydrogens is 194 g/mol. The molecule has 1 aromatic carbocycles. The van der Waals surface area contributed by atoms with Crippen LogP contribution in [-0.4, -0.2) is 0 Å². The lowest BCUT2D eigenvalue weighted by Gasteiger charge is -2.18. The molecule has 2 heteroatoms. The molecule has 1 aromatic rings. The molecule has 0 aromatic heterocycles. The molecule has 0 atom stereocenters. The molecule has 0 spiro atoms. The molecule has 0 aliphatic carbocycles. The molecule has 0 aliphatic heterocycles. The molecule has 0 bridgehead atoms. The van der Waals surface area contributed by atoms with E-state index in [-0.39, 0.29) is 5.41 Å². The summed E-state index contributed by atoms with van der Waals surface area (Å²) in [4.78, 5) is 0. The first-order valence-corrected chi connectivity index (χ1v) is 4.99. The van der Waals surface area contributed by atoms with Gasteiger partial charge in [-0.2, -0.15) is 5.26 Å². The monoisotopic (exact) mass is 207 g/mol. The fourth-order valence-electron chi connectivity index (χ4n) is 1.33. The molecular formula is C12H14ClN. The van der Waals surface area contributed by atoms with Gasteiger partial charge in [-0.25, -0.2) is 0 Å². The van der Waals surface area contributed by atoms with Crippen LogP contribution in [0.25, 0.3) is 0 Å². The molecule has 0 saturated heterocycles. The first-order chi connectivity index (χ1) is 6.42. The quantitative estimate of drug-likeness (QED) is 0.687. The summed E-state index contributed by atoms with van der Waals surface area (Å²) in [5.74, 6) is 0. The van der Waals surface area contributed by atoms with Crippen LogP contribution in [0.2, 0.25) is 5.02 Å². The van der Waals surface area contributed by atoms with Gasteiger partial charge in [-0.15, -0.1) is 0 Å². The van der Waals surface area contributed by atoms with E-state index in [1.807, 2.05) is 12.1 Å². The maximum atomic E-state index is 8.68. The van der Waals surface area contributed by atoms with Crippen LogP contribution in [-0.2, 0) is 6.42 Å². The number of benzene rings is 1. The highest BCUT2D eigenvalue weighted by Crippen LogP contribution is 2.26. The molecule has 0 unspecified atom stereocenters. The molecule has 0 fully saturated rings. The first kappa shape index (κ1) is 11.1. The van der Waals surface area contributed by atoms with Gasteiger partial charge < -0.3 is 0 Å². The van der Waals surface area contributed by atoms with E-state index in [4.69, 9.17) is 16.9 Å². The Morgan fingerprint density at radius 2 is 2.00 bits per heavy atom. The molecule has 14 heavy (non-hydrogen) atoms. The molecule has 0 amide bonds. The van der Waals surface area contributed by atoms with Crippen molar-refractivity contribution in [2.45, 2.75) is 27.2 Å². The van der Waals surface area contributed by atoms with Crippen molar-refractivity contribution in [2.75, 3.05) is 0 Å². The van der Waals surface area contributed by atoms with Crippen LogP contribution in [0.5, 0.6) is 0 Å². The van der Waals surface area contributed by atoms with E-state index in [9.17, 15) is 0 Å². The molecule has 0 saturated carbocycles. The van der Waals surface area contributed by atoms with Crippen molar-refractivity contribution in [1.82, 2.24) is 0 Å². The van der Waals surface area contributed by atoms with E-state index in [1.165, 1.54) is 0 Å². The molecule has 0 heterocycles. The summed E-state index contributed by atoms with van der Waals surface area (Å²) in [6, 6.07) is 7.55. The Labute approximate surface area is 90.3 Å². The van der Waals surface area contributed by atoms with Gasteiger partial charge in [0.2, 0.25) is 0 Å². The van der Waals surface area contributed by atoms with Gasteiger partial charge in [-0.1, -0.05) is 38.4 Å². The highest BCUT2D eigenvalue weighted by Gasteiger charge is 2.13. The van der Waals surface area contributed by atoms with Crippen LogP contribution in [0.15, 0.2) is 18.2 Å². The number of nitrogens with zero attached hydrogens (tertiary/aromatic N) is 1. The zero-order valence-corrected chi connectivity index (χ0v) is 9.52. The lowest BCUT2D eigenvalue weighted by molar-refractivity contribution is 0.411. The Morgan fingerprint density at radius 3 is 2.43 bits per heavy atom. The maximum absolute atomic E-state index is 8.68. The highest BCUT2D eigenvalue weighted by molar-refractivity contribution is 6.31. The summed E-state index contributed by atoms with van der Waals surface area (Å²) in [5.41, 5.74) is 1.95. The Kier molecular flexibility index (Phi) is 3.18. The van der Waals surface area contributed by atoms with E-state index < -0.39 is 0 Å². The highest BCUT2D eigenvalue weighted by atomic mass is 35.5. The van der Waals surface area contributed by atoms with Crippen molar-refractivity contribution in [2.24, 2.45) is 5.41 Å². The van der Waals surface area contributed by atoms with Crippen LogP contribution in [0.4, 0.5) is 0 Å². The molecule has 0 N–H and O–H groups in total. The normalized spacial score (nSPS) is 11.1. The largest absolute Gasteiger partial charge is 0.192 e. The Morgan fingerprint density at radius 1 is 1.36 bits per heavy atom. The van der Waals surface area contributed by atoms with Crippen molar-refractivity contribution in [3.05, 3.63) is 34.3 Å². The van der Waals surface area contributed by atoms with Crippen molar-refractivity contribution >= 4 is 11.6 Å². The van der Waals surface area contributed by atoms with E-state index in [0.717, 1.165) is 12.0 Å². The third kappa shape index (κ3) is 3.05. The SMILES string of the molecule is CC(C)(C)Cc1ccc(C#N)cc1Cl. The molecule has 1 rings (SSSR count). The van der Waals surface area contributed by atoms with Gasteiger partial charge in [0.25, 0.3) is 0 Å². The zero-order valence-electron chi connectivity index (χ0n) is 8.76. The van der Waals surface area contributed by atoms with Crippen LogP contribution < -0.4 is 0 Å². The second-order valence-corrected chi connectivity index (χ2v) is 5.06. The average Bonchev–Trinajstić information content (AvgIpc) is 2.06. The van der Waals surface area contributed by atoms with E-state index in [0.29, 0.717) is 10.6 Å². The van der Waals surface area contributed by atoms with Gasteiger partial charge in [0.1, 0.15) is 0 Å². The average molecular weight is 208 g/mol. The predicted molar refractivity (Wildman–Crippen MR) is 59.3 cm³/mol. The zero-order chi connectivity index (χ0) is 10.8. The molecule has 1 nitrogen and oxygen atoms in total. The third-order valence-electron chi connectivity index (χ3n) is 1.90. The summed E-state index contributed by atoms with van der Waals surface area (Å²) in [6.07, 6.45) is 0.928. The minimum Gasteiger partial charge on any atom is -0.192 e. The van der Waals surface area contributed by atoms with Gasteiger partial charge in [-0.3, -0.25) is 0 Å². The van der Waals surface area contributed by atoms with Crippen molar-refractivity contribution in [3.8, 4) is 6.07 Å². The smallest absolute Gasteiger partial charge is 0.0992 e. The van der Waals surface area contributed by atoms with Crippen molar-refractivity contribution in [1.29, 1.82) is 5.26 Å². The fourth-order valence-corrected chi connectivity index (χ4v) is 1.58. The van der Waals surface area contributed by atoms with Crippen LogP contribution in [0.3, 0.4) is 0 Å². The fraction of sp³-hybridized carbons (Fsp3) is 0.417. The Balaban J connectivity index is 2.97. The van der Waals surface area contributed by atoms with Crippen molar-refractivity contribution < 1.29 is 0 Å². The lowest BCUT2D eigenvalue weighted by Crippen LogP contribution is -2.09. The topological polar surface area (TPSA) is 23.8 Å². The molecule has 74 valence electrons. The Hall–Kier alpha value is -1.00. The summed E-state index contributed by atoms with van der Waals surface area (Å²) >= 11 is 6.06. The number of halogens is 1. The van der Waals surface area contributed by atoms with Crippen LogP contribution >= 0.6 is 11.6 Å². The third-order valence-corrected chi connectivity index (χ3v) is 2.25. The molecule has 0 aliphatic rings. The van der Waals surface area contributed by atoms with E-state index in [1.54, 1.807) is 6.07 Å². The predicted octanol–water partition coefficient (Wildman–Crippen LogP) is 3.80.